The number of ketones is 1. The predicted molar refractivity (Wildman–Crippen MR) is 70.2 cm³/mol. The van der Waals surface area contributed by atoms with Gasteiger partial charge in [0.15, 0.2) is 0 Å². The quantitative estimate of drug-likeness (QED) is 0.522. The van der Waals surface area contributed by atoms with Gasteiger partial charge in [-0.1, -0.05) is 23.8 Å². The zero-order valence-electron chi connectivity index (χ0n) is 9.72. The second kappa shape index (κ2) is 4.13. The van der Waals surface area contributed by atoms with Crippen molar-refractivity contribution >= 4 is 29.0 Å². The summed E-state index contributed by atoms with van der Waals surface area (Å²) in [7, 11) is 0. The number of Topliss-reactive ketones (excluding diaryl/α,β-unsaturated/α-hetero) is 1. The van der Waals surface area contributed by atoms with E-state index < -0.39 is 0 Å². The molecule has 0 saturated heterocycles. The van der Waals surface area contributed by atoms with Crippen LogP contribution in [0.25, 0.3) is 0 Å². The molecule has 0 aromatic heterocycles. The Balaban J connectivity index is 2.06. The minimum Gasteiger partial charge on any atom is -0.299 e. The Kier molecular flexibility index (Phi) is 2.87. The molecule has 0 heterocycles. The summed E-state index contributed by atoms with van der Waals surface area (Å²) in [4.78, 5) is 12.1. The molecule has 3 fully saturated rings. The number of allylic oxidation sites excluding steroid dienone is 3. The first-order valence-electron chi connectivity index (χ1n) is 6.30. The van der Waals surface area contributed by atoms with Crippen LogP contribution in [0.2, 0.25) is 0 Å². The summed E-state index contributed by atoms with van der Waals surface area (Å²) in [6.07, 6.45) is 3.80. The van der Waals surface area contributed by atoms with Crippen molar-refractivity contribution in [2.75, 3.05) is 5.88 Å². The Hall–Kier alpha value is -0.270. The van der Waals surface area contributed by atoms with E-state index in [-0.39, 0.29) is 5.92 Å². The minimum atomic E-state index is 0.168. The van der Waals surface area contributed by atoms with Gasteiger partial charge in [0, 0.05) is 17.4 Å². The molecule has 0 N–H and O–H groups in total. The first-order chi connectivity index (χ1) is 8.15. The fourth-order valence-corrected chi connectivity index (χ4v) is 4.69. The third kappa shape index (κ3) is 1.55. The standard InChI is InChI=1S/C14H16Cl2O/c1-7-2-5-11(17)14-9-4-3-8(12(7)14)13(9)10(16)6-15/h8-9,12,14H,1-6H2. The lowest BCUT2D eigenvalue weighted by Gasteiger charge is -2.34. The number of carbonyl (C=O) groups excluding carboxylic acids is 1. The molecule has 2 bridgehead atoms. The molecule has 3 heteroatoms. The fraction of sp³-hybridized carbons (Fsp3) is 0.643. The fourth-order valence-electron chi connectivity index (χ4n) is 4.25. The van der Waals surface area contributed by atoms with Crippen LogP contribution in [-0.2, 0) is 4.79 Å². The zero-order chi connectivity index (χ0) is 12.2. The monoisotopic (exact) mass is 270 g/mol. The number of carbonyl (C=O) groups is 1. The van der Waals surface area contributed by atoms with Gasteiger partial charge in [0.1, 0.15) is 5.78 Å². The van der Waals surface area contributed by atoms with Gasteiger partial charge in [-0.15, -0.1) is 11.6 Å². The van der Waals surface area contributed by atoms with Crippen molar-refractivity contribution in [2.45, 2.75) is 25.7 Å². The van der Waals surface area contributed by atoms with Gasteiger partial charge >= 0.3 is 0 Å². The van der Waals surface area contributed by atoms with Gasteiger partial charge in [-0.25, -0.2) is 0 Å². The lowest BCUT2D eigenvalue weighted by atomic mass is 9.68. The van der Waals surface area contributed by atoms with Crippen molar-refractivity contribution < 1.29 is 4.79 Å². The van der Waals surface area contributed by atoms with Gasteiger partial charge in [0.05, 0.1) is 5.88 Å². The highest BCUT2D eigenvalue weighted by Crippen LogP contribution is 2.61. The second-order valence-electron chi connectivity index (χ2n) is 5.46. The predicted octanol–water partition coefficient (Wildman–Crippen LogP) is 3.91. The molecule has 3 aliphatic carbocycles. The smallest absolute Gasteiger partial charge is 0.137 e. The van der Waals surface area contributed by atoms with Crippen molar-refractivity contribution in [1.82, 2.24) is 0 Å². The number of halogens is 2. The average Bonchev–Trinajstić information content (AvgIpc) is 2.89. The van der Waals surface area contributed by atoms with E-state index in [1.165, 1.54) is 11.1 Å². The summed E-state index contributed by atoms with van der Waals surface area (Å²) < 4.78 is 0. The molecule has 1 nitrogen and oxygen atoms in total. The van der Waals surface area contributed by atoms with E-state index in [1.54, 1.807) is 0 Å². The molecular formula is C14H16Cl2O. The van der Waals surface area contributed by atoms with E-state index >= 15 is 0 Å². The third-order valence-electron chi connectivity index (χ3n) is 4.81. The van der Waals surface area contributed by atoms with E-state index in [0.29, 0.717) is 35.8 Å². The molecule has 3 saturated carbocycles. The number of fused-ring (bicyclic) bond motifs is 5. The Morgan fingerprint density at radius 1 is 1.24 bits per heavy atom. The molecule has 4 atom stereocenters. The normalized spacial score (nSPS) is 42.9. The topological polar surface area (TPSA) is 17.1 Å². The van der Waals surface area contributed by atoms with E-state index in [2.05, 4.69) is 6.58 Å². The van der Waals surface area contributed by atoms with Crippen LogP contribution in [0.5, 0.6) is 0 Å². The molecule has 4 unspecified atom stereocenters. The van der Waals surface area contributed by atoms with Gasteiger partial charge in [-0.3, -0.25) is 4.79 Å². The Bertz CT molecular complexity index is 392. The van der Waals surface area contributed by atoms with Gasteiger partial charge < -0.3 is 0 Å². The molecule has 0 aromatic rings. The summed E-state index contributed by atoms with van der Waals surface area (Å²) in [5, 5.41) is 0.786. The summed E-state index contributed by atoms with van der Waals surface area (Å²) in [5.74, 6) is 2.15. The van der Waals surface area contributed by atoms with Crippen LogP contribution >= 0.6 is 23.2 Å². The van der Waals surface area contributed by atoms with Crippen LogP contribution in [0, 0.1) is 23.7 Å². The molecule has 92 valence electrons. The maximum Gasteiger partial charge on any atom is 0.137 e. The van der Waals surface area contributed by atoms with Gasteiger partial charge in [0.2, 0.25) is 0 Å². The van der Waals surface area contributed by atoms with Crippen LogP contribution in [-0.4, -0.2) is 11.7 Å². The lowest BCUT2D eigenvalue weighted by Crippen LogP contribution is -2.34. The SMILES string of the molecule is C=C1CCC(=O)C2C3CCC(C3=C(Cl)CCl)C12. The first kappa shape index (κ1) is 11.8. The highest BCUT2D eigenvalue weighted by molar-refractivity contribution is 6.36. The van der Waals surface area contributed by atoms with Crippen LogP contribution < -0.4 is 0 Å². The third-order valence-corrected chi connectivity index (χ3v) is 5.56. The van der Waals surface area contributed by atoms with Gasteiger partial charge in [-0.05, 0) is 42.6 Å². The Labute approximate surface area is 112 Å². The number of hydrogen-bond acceptors (Lipinski definition) is 1. The largest absolute Gasteiger partial charge is 0.299 e. The summed E-state index contributed by atoms with van der Waals surface area (Å²) >= 11 is 12.1. The number of hydrogen-bond donors (Lipinski definition) is 0. The average molecular weight is 271 g/mol. The maximum absolute atomic E-state index is 12.1. The van der Waals surface area contributed by atoms with Crippen molar-refractivity contribution in [3.05, 3.63) is 22.8 Å². The zero-order valence-corrected chi connectivity index (χ0v) is 11.2. The maximum atomic E-state index is 12.1. The number of rotatable bonds is 1. The van der Waals surface area contributed by atoms with Crippen molar-refractivity contribution in [3.63, 3.8) is 0 Å². The molecular weight excluding hydrogens is 255 g/mol. The minimum absolute atomic E-state index is 0.168. The van der Waals surface area contributed by atoms with Gasteiger partial charge in [0.25, 0.3) is 0 Å². The summed E-state index contributed by atoms with van der Waals surface area (Å²) in [6.45, 7) is 4.18. The number of alkyl halides is 1. The molecule has 0 aliphatic heterocycles. The van der Waals surface area contributed by atoms with E-state index in [4.69, 9.17) is 23.2 Å². The van der Waals surface area contributed by atoms with Crippen LogP contribution in [0.15, 0.2) is 22.8 Å². The molecule has 0 aromatic carbocycles. The molecule has 0 amide bonds. The van der Waals surface area contributed by atoms with Crippen molar-refractivity contribution in [1.29, 1.82) is 0 Å². The van der Waals surface area contributed by atoms with Crippen molar-refractivity contribution in [2.24, 2.45) is 23.7 Å². The summed E-state index contributed by atoms with van der Waals surface area (Å²) in [5.41, 5.74) is 2.55. The van der Waals surface area contributed by atoms with E-state index in [9.17, 15) is 4.79 Å². The first-order valence-corrected chi connectivity index (χ1v) is 7.21. The van der Waals surface area contributed by atoms with Crippen LogP contribution in [0.3, 0.4) is 0 Å². The highest BCUT2D eigenvalue weighted by atomic mass is 35.5. The van der Waals surface area contributed by atoms with Crippen LogP contribution in [0.1, 0.15) is 25.7 Å². The second-order valence-corrected chi connectivity index (χ2v) is 6.18. The Morgan fingerprint density at radius 3 is 2.47 bits per heavy atom. The van der Waals surface area contributed by atoms with E-state index in [0.717, 1.165) is 24.3 Å². The molecule has 17 heavy (non-hydrogen) atoms. The Morgan fingerprint density at radius 2 is 1.88 bits per heavy atom. The highest BCUT2D eigenvalue weighted by Gasteiger charge is 2.56. The summed E-state index contributed by atoms with van der Waals surface area (Å²) in [6, 6.07) is 0. The van der Waals surface area contributed by atoms with E-state index in [1.807, 2.05) is 0 Å². The molecule has 0 spiro atoms. The van der Waals surface area contributed by atoms with Gasteiger partial charge in [-0.2, -0.15) is 0 Å². The van der Waals surface area contributed by atoms with Crippen LogP contribution in [0.4, 0.5) is 0 Å². The molecule has 3 aliphatic rings. The lowest BCUT2D eigenvalue weighted by molar-refractivity contribution is -0.126. The molecule has 0 radical (unpaired) electrons. The van der Waals surface area contributed by atoms with Crippen molar-refractivity contribution in [3.8, 4) is 0 Å². The molecule has 3 rings (SSSR count).